The average Bonchev–Trinajstić information content (AvgIpc) is 2.32. The fraction of sp³-hybridized carbons (Fsp3) is 0.231. The van der Waals surface area contributed by atoms with E-state index in [1.54, 1.807) is 6.07 Å². The highest BCUT2D eigenvalue weighted by Crippen LogP contribution is 2.13. The van der Waals surface area contributed by atoms with Gasteiger partial charge < -0.3 is 4.74 Å². The lowest BCUT2D eigenvalue weighted by molar-refractivity contribution is -0.141. The topological polar surface area (TPSA) is 48.3 Å². The Balaban J connectivity index is 2.66. The third-order valence-electron chi connectivity index (χ3n) is 2.66. The number of carbonyl (C=O) groups excluding carboxylic acids is 1. The van der Waals surface area contributed by atoms with Crippen molar-refractivity contribution in [3.63, 3.8) is 0 Å². The van der Waals surface area contributed by atoms with Gasteiger partial charge in [0.15, 0.2) is 0 Å². The van der Waals surface area contributed by atoms with Gasteiger partial charge in [0.05, 0.1) is 12.6 Å². The first kappa shape index (κ1) is 11.4. The summed E-state index contributed by atoms with van der Waals surface area (Å²) in [6.45, 7) is 1.88. The van der Waals surface area contributed by atoms with E-state index in [0.29, 0.717) is 0 Å². The van der Waals surface area contributed by atoms with Crippen LogP contribution in [0.4, 0.5) is 0 Å². The second-order valence-corrected chi connectivity index (χ2v) is 3.90. The van der Waals surface area contributed by atoms with E-state index >= 15 is 0 Å². The zero-order chi connectivity index (χ0) is 12.4. The minimum Gasteiger partial charge on any atom is -0.468 e. The minimum absolute atomic E-state index is 0.0594. The summed E-state index contributed by atoms with van der Waals surface area (Å²) < 4.78 is 6.01. The molecule has 0 amide bonds. The van der Waals surface area contributed by atoms with E-state index in [1.165, 1.54) is 17.7 Å². The molecule has 0 unspecified atom stereocenters. The number of nitrogens with zero attached hydrogens (tertiary/aromatic N) is 1. The lowest BCUT2D eigenvalue weighted by atomic mass is 10.1. The molecule has 1 aromatic carbocycles. The fourth-order valence-corrected chi connectivity index (χ4v) is 1.75. The molecule has 0 radical (unpaired) electrons. The number of carbonyl (C=O) groups is 1. The molecule has 0 spiro atoms. The van der Waals surface area contributed by atoms with Gasteiger partial charge in [0.25, 0.3) is 5.56 Å². The Morgan fingerprint density at radius 1 is 1.29 bits per heavy atom. The van der Waals surface area contributed by atoms with Crippen molar-refractivity contribution in [2.24, 2.45) is 0 Å². The maximum atomic E-state index is 11.8. The van der Waals surface area contributed by atoms with Gasteiger partial charge >= 0.3 is 5.97 Å². The highest BCUT2D eigenvalue weighted by atomic mass is 16.5. The SMILES string of the molecule is COC(=O)Cn1c(=O)ccc2ccc(C)cc21. The van der Waals surface area contributed by atoms with Crippen LogP contribution in [0.25, 0.3) is 10.9 Å². The first-order valence-corrected chi connectivity index (χ1v) is 5.29. The zero-order valence-electron chi connectivity index (χ0n) is 9.77. The van der Waals surface area contributed by atoms with Gasteiger partial charge in [-0.3, -0.25) is 14.2 Å². The van der Waals surface area contributed by atoms with Gasteiger partial charge in [-0.25, -0.2) is 0 Å². The molecule has 1 heterocycles. The maximum absolute atomic E-state index is 11.8. The summed E-state index contributed by atoms with van der Waals surface area (Å²) in [6.07, 6.45) is 0. The number of esters is 1. The Hall–Kier alpha value is -2.10. The number of aromatic nitrogens is 1. The minimum atomic E-state index is -0.430. The molecular formula is C13H13NO3. The van der Waals surface area contributed by atoms with Crippen LogP contribution in [0, 0.1) is 6.92 Å². The quantitative estimate of drug-likeness (QED) is 0.735. The number of rotatable bonds is 2. The lowest BCUT2D eigenvalue weighted by Gasteiger charge is -2.09. The molecule has 0 aliphatic rings. The average molecular weight is 231 g/mol. The molecule has 0 N–H and O–H groups in total. The van der Waals surface area contributed by atoms with Crippen LogP contribution in [0.15, 0.2) is 35.1 Å². The first-order valence-electron chi connectivity index (χ1n) is 5.29. The maximum Gasteiger partial charge on any atom is 0.325 e. The van der Waals surface area contributed by atoms with Crippen LogP contribution in [0.3, 0.4) is 0 Å². The Morgan fingerprint density at radius 3 is 2.71 bits per heavy atom. The highest BCUT2D eigenvalue weighted by molar-refractivity contribution is 5.81. The molecule has 2 aromatic rings. The summed E-state index contributed by atoms with van der Waals surface area (Å²) in [6, 6.07) is 9.00. The smallest absolute Gasteiger partial charge is 0.325 e. The van der Waals surface area contributed by atoms with Crippen LogP contribution >= 0.6 is 0 Å². The van der Waals surface area contributed by atoms with E-state index in [9.17, 15) is 9.59 Å². The summed E-state index contributed by atoms with van der Waals surface area (Å²) >= 11 is 0. The number of benzene rings is 1. The summed E-state index contributed by atoms with van der Waals surface area (Å²) in [5.41, 5.74) is 1.60. The molecule has 4 nitrogen and oxygen atoms in total. The second-order valence-electron chi connectivity index (χ2n) is 3.90. The molecule has 0 aliphatic heterocycles. The van der Waals surface area contributed by atoms with Crippen LogP contribution in [-0.2, 0) is 16.1 Å². The molecule has 88 valence electrons. The summed E-state index contributed by atoms with van der Waals surface area (Å²) in [5, 5.41) is 0.930. The summed E-state index contributed by atoms with van der Waals surface area (Å²) in [4.78, 5) is 23.0. The third kappa shape index (κ3) is 2.20. The van der Waals surface area contributed by atoms with E-state index in [4.69, 9.17) is 0 Å². The number of ether oxygens (including phenoxy) is 1. The summed E-state index contributed by atoms with van der Waals surface area (Å²) in [5.74, 6) is -0.430. The number of aryl methyl sites for hydroxylation is 1. The van der Waals surface area contributed by atoms with Crippen molar-refractivity contribution in [1.29, 1.82) is 0 Å². The van der Waals surface area contributed by atoms with Crippen molar-refractivity contribution in [2.75, 3.05) is 7.11 Å². The molecule has 0 fully saturated rings. The molecule has 17 heavy (non-hydrogen) atoms. The van der Waals surface area contributed by atoms with Crippen LogP contribution in [0.5, 0.6) is 0 Å². The lowest BCUT2D eigenvalue weighted by Crippen LogP contribution is -2.24. The van der Waals surface area contributed by atoms with Gasteiger partial charge in [0.1, 0.15) is 6.54 Å². The number of hydrogen-bond acceptors (Lipinski definition) is 3. The number of pyridine rings is 1. The second kappa shape index (κ2) is 4.41. The van der Waals surface area contributed by atoms with Gasteiger partial charge in [-0.1, -0.05) is 12.1 Å². The molecule has 4 heteroatoms. The van der Waals surface area contributed by atoms with E-state index in [0.717, 1.165) is 16.5 Å². The first-order chi connectivity index (χ1) is 8.11. The van der Waals surface area contributed by atoms with E-state index < -0.39 is 5.97 Å². The van der Waals surface area contributed by atoms with Crippen molar-refractivity contribution in [3.05, 3.63) is 46.2 Å². The molecule has 1 aromatic heterocycles. The van der Waals surface area contributed by atoms with E-state index in [2.05, 4.69) is 4.74 Å². The van der Waals surface area contributed by atoms with Crippen LogP contribution < -0.4 is 5.56 Å². The van der Waals surface area contributed by atoms with Crippen molar-refractivity contribution in [2.45, 2.75) is 13.5 Å². The fourth-order valence-electron chi connectivity index (χ4n) is 1.75. The van der Waals surface area contributed by atoms with Gasteiger partial charge in [0, 0.05) is 6.07 Å². The monoisotopic (exact) mass is 231 g/mol. The summed E-state index contributed by atoms with van der Waals surface area (Å²) in [7, 11) is 1.31. The van der Waals surface area contributed by atoms with Crippen molar-refractivity contribution in [1.82, 2.24) is 4.57 Å². The van der Waals surface area contributed by atoms with Crippen molar-refractivity contribution >= 4 is 16.9 Å². The highest BCUT2D eigenvalue weighted by Gasteiger charge is 2.07. The molecular weight excluding hydrogens is 218 g/mol. The molecule has 0 bridgehead atoms. The predicted octanol–water partition coefficient (Wildman–Crippen LogP) is 1.48. The molecule has 0 atom stereocenters. The van der Waals surface area contributed by atoms with Crippen molar-refractivity contribution in [3.8, 4) is 0 Å². The standard InChI is InChI=1S/C13H13NO3/c1-9-3-4-10-5-6-12(15)14(11(10)7-9)8-13(16)17-2/h3-7H,8H2,1-2H3. The van der Waals surface area contributed by atoms with Gasteiger partial charge in [0.2, 0.25) is 0 Å². The van der Waals surface area contributed by atoms with Gasteiger partial charge in [-0.2, -0.15) is 0 Å². The van der Waals surface area contributed by atoms with E-state index in [-0.39, 0.29) is 12.1 Å². The normalized spacial score (nSPS) is 10.5. The van der Waals surface area contributed by atoms with Gasteiger partial charge in [-0.15, -0.1) is 0 Å². The molecule has 0 saturated heterocycles. The van der Waals surface area contributed by atoms with Crippen molar-refractivity contribution < 1.29 is 9.53 Å². The Labute approximate surface area is 98.4 Å². The van der Waals surface area contributed by atoms with Crippen LogP contribution in [0.1, 0.15) is 5.56 Å². The zero-order valence-corrected chi connectivity index (χ0v) is 9.77. The predicted molar refractivity (Wildman–Crippen MR) is 65.0 cm³/mol. The molecule has 0 saturated carbocycles. The van der Waals surface area contributed by atoms with Crippen LogP contribution in [0.2, 0.25) is 0 Å². The van der Waals surface area contributed by atoms with E-state index in [1.807, 2.05) is 25.1 Å². The van der Waals surface area contributed by atoms with Crippen LogP contribution in [-0.4, -0.2) is 17.6 Å². The Kier molecular flexibility index (Phi) is 2.95. The molecule has 0 aliphatic carbocycles. The Morgan fingerprint density at radius 2 is 2.00 bits per heavy atom. The molecule has 2 rings (SSSR count). The number of hydrogen-bond donors (Lipinski definition) is 0. The number of fused-ring (bicyclic) bond motifs is 1. The largest absolute Gasteiger partial charge is 0.468 e. The van der Waals surface area contributed by atoms with Gasteiger partial charge in [-0.05, 0) is 30.0 Å². The number of methoxy groups -OCH3 is 1. The Bertz CT molecular complexity index is 628. The third-order valence-corrected chi connectivity index (χ3v) is 2.66.